The SMILES string of the molecule is CCCCn1c(SC(C)C(=O)N2CC(C)CC(C)C2)nnc1-c1ccc(OC)cc1. The lowest BCUT2D eigenvalue weighted by molar-refractivity contribution is -0.132. The van der Waals surface area contributed by atoms with E-state index in [1.54, 1.807) is 7.11 Å². The van der Waals surface area contributed by atoms with Crippen molar-refractivity contribution in [2.45, 2.75) is 63.9 Å². The highest BCUT2D eigenvalue weighted by molar-refractivity contribution is 8.00. The number of ether oxygens (including phenoxy) is 1. The zero-order valence-electron chi connectivity index (χ0n) is 18.8. The molecule has 30 heavy (non-hydrogen) atoms. The molecule has 0 N–H and O–H groups in total. The molecule has 6 nitrogen and oxygen atoms in total. The van der Waals surface area contributed by atoms with Gasteiger partial charge in [0.2, 0.25) is 5.91 Å². The summed E-state index contributed by atoms with van der Waals surface area (Å²) in [5.74, 6) is 2.98. The maximum Gasteiger partial charge on any atom is 0.235 e. The van der Waals surface area contributed by atoms with E-state index in [1.165, 1.54) is 18.2 Å². The molecule has 3 atom stereocenters. The predicted octanol–water partition coefficient (Wildman–Crippen LogP) is 4.74. The molecule has 164 valence electrons. The highest BCUT2D eigenvalue weighted by atomic mass is 32.2. The van der Waals surface area contributed by atoms with Crippen molar-refractivity contribution in [3.63, 3.8) is 0 Å². The molecule has 1 amide bonds. The number of hydrogen-bond donors (Lipinski definition) is 0. The van der Waals surface area contributed by atoms with E-state index in [-0.39, 0.29) is 11.2 Å². The van der Waals surface area contributed by atoms with E-state index in [9.17, 15) is 4.79 Å². The van der Waals surface area contributed by atoms with Crippen LogP contribution in [0.3, 0.4) is 0 Å². The summed E-state index contributed by atoms with van der Waals surface area (Å²) in [6, 6.07) is 7.88. The van der Waals surface area contributed by atoms with Crippen LogP contribution in [0.5, 0.6) is 5.75 Å². The first-order valence-corrected chi connectivity index (χ1v) is 11.8. The normalized spacial score (nSPS) is 20.2. The fraction of sp³-hybridized carbons (Fsp3) is 0.609. The smallest absolute Gasteiger partial charge is 0.235 e. The number of thioether (sulfide) groups is 1. The van der Waals surface area contributed by atoms with E-state index in [2.05, 4.69) is 35.5 Å². The van der Waals surface area contributed by atoms with Crippen molar-refractivity contribution in [3.05, 3.63) is 24.3 Å². The van der Waals surface area contributed by atoms with Crippen molar-refractivity contribution < 1.29 is 9.53 Å². The lowest BCUT2D eigenvalue weighted by Gasteiger charge is -2.36. The maximum absolute atomic E-state index is 13.1. The van der Waals surface area contributed by atoms with Crippen LogP contribution in [0.4, 0.5) is 0 Å². The van der Waals surface area contributed by atoms with E-state index in [0.717, 1.165) is 54.8 Å². The fourth-order valence-corrected chi connectivity index (χ4v) is 5.11. The molecule has 1 fully saturated rings. The monoisotopic (exact) mass is 430 g/mol. The number of benzene rings is 1. The molecule has 1 aliphatic rings. The van der Waals surface area contributed by atoms with Crippen molar-refractivity contribution in [1.82, 2.24) is 19.7 Å². The molecule has 1 aromatic heterocycles. The average molecular weight is 431 g/mol. The zero-order valence-corrected chi connectivity index (χ0v) is 19.6. The number of carbonyl (C=O) groups excluding carboxylic acids is 1. The van der Waals surface area contributed by atoms with Crippen LogP contribution in [0.25, 0.3) is 11.4 Å². The average Bonchev–Trinajstić information content (AvgIpc) is 3.13. The Hall–Kier alpha value is -2.02. The van der Waals surface area contributed by atoms with Gasteiger partial charge in [-0.25, -0.2) is 0 Å². The number of nitrogens with zero attached hydrogens (tertiary/aromatic N) is 4. The van der Waals surface area contributed by atoms with E-state index < -0.39 is 0 Å². The Kier molecular flexibility index (Phi) is 7.81. The summed E-state index contributed by atoms with van der Waals surface area (Å²) in [6.07, 6.45) is 3.32. The molecule has 2 heterocycles. The van der Waals surface area contributed by atoms with Crippen LogP contribution in [0, 0.1) is 11.8 Å². The third-order valence-corrected chi connectivity index (χ3v) is 6.68. The highest BCUT2D eigenvalue weighted by Gasteiger charge is 2.30. The Morgan fingerprint density at radius 1 is 1.20 bits per heavy atom. The number of methoxy groups -OCH3 is 1. The maximum atomic E-state index is 13.1. The van der Waals surface area contributed by atoms with Gasteiger partial charge in [0.25, 0.3) is 0 Å². The van der Waals surface area contributed by atoms with Crippen molar-refractivity contribution in [2.24, 2.45) is 11.8 Å². The third-order valence-electron chi connectivity index (χ3n) is 5.61. The van der Waals surface area contributed by atoms with Gasteiger partial charge in [0.05, 0.1) is 12.4 Å². The zero-order chi connectivity index (χ0) is 21.7. The minimum absolute atomic E-state index is 0.184. The van der Waals surface area contributed by atoms with Crippen molar-refractivity contribution in [1.29, 1.82) is 0 Å². The van der Waals surface area contributed by atoms with Gasteiger partial charge in [0, 0.05) is 25.2 Å². The van der Waals surface area contributed by atoms with Crippen molar-refractivity contribution >= 4 is 17.7 Å². The first-order valence-electron chi connectivity index (χ1n) is 11.0. The van der Waals surface area contributed by atoms with Gasteiger partial charge in [-0.1, -0.05) is 39.0 Å². The lowest BCUT2D eigenvalue weighted by Crippen LogP contribution is -2.45. The topological polar surface area (TPSA) is 60.2 Å². The number of hydrogen-bond acceptors (Lipinski definition) is 5. The summed E-state index contributed by atoms with van der Waals surface area (Å²) < 4.78 is 7.42. The van der Waals surface area contributed by atoms with E-state index in [4.69, 9.17) is 4.74 Å². The van der Waals surface area contributed by atoms with Gasteiger partial charge in [-0.05, 0) is 55.9 Å². The Morgan fingerprint density at radius 2 is 1.87 bits per heavy atom. The number of likely N-dealkylation sites (tertiary alicyclic amines) is 1. The van der Waals surface area contributed by atoms with E-state index >= 15 is 0 Å². The number of rotatable bonds is 8. The second-order valence-corrected chi connectivity index (χ2v) is 9.80. The van der Waals surface area contributed by atoms with Gasteiger partial charge in [-0.15, -0.1) is 10.2 Å². The Labute approximate surface area is 184 Å². The van der Waals surface area contributed by atoms with Crippen LogP contribution in [-0.4, -0.2) is 51.0 Å². The third kappa shape index (κ3) is 5.36. The molecule has 3 rings (SSSR count). The summed E-state index contributed by atoms with van der Waals surface area (Å²) in [5, 5.41) is 9.56. The summed E-state index contributed by atoms with van der Waals surface area (Å²) >= 11 is 1.52. The Bertz CT molecular complexity index is 826. The molecule has 0 bridgehead atoms. The quantitative estimate of drug-likeness (QED) is 0.566. The molecule has 3 unspecified atom stereocenters. The Morgan fingerprint density at radius 3 is 2.47 bits per heavy atom. The van der Waals surface area contributed by atoms with Crippen LogP contribution in [0.1, 0.15) is 47.0 Å². The second-order valence-electron chi connectivity index (χ2n) is 8.49. The van der Waals surface area contributed by atoms with Crippen LogP contribution >= 0.6 is 11.8 Å². The second kappa shape index (κ2) is 10.3. The largest absolute Gasteiger partial charge is 0.497 e. The summed E-state index contributed by atoms with van der Waals surface area (Å²) in [7, 11) is 1.66. The predicted molar refractivity (Wildman–Crippen MR) is 122 cm³/mol. The summed E-state index contributed by atoms with van der Waals surface area (Å²) in [5.41, 5.74) is 1.00. The summed E-state index contributed by atoms with van der Waals surface area (Å²) in [6.45, 7) is 11.2. The van der Waals surface area contributed by atoms with Gasteiger partial charge in [0.1, 0.15) is 5.75 Å². The van der Waals surface area contributed by atoms with Crippen LogP contribution in [-0.2, 0) is 11.3 Å². The molecule has 0 radical (unpaired) electrons. The molecular weight excluding hydrogens is 396 g/mol. The molecule has 1 saturated heterocycles. The molecule has 1 aromatic carbocycles. The Balaban J connectivity index is 1.78. The minimum atomic E-state index is -0.184. The van der Waals surface area contributed by atoms with Gasteiger partial charge >= 0.3 is 0 Å². The van der Waals surface area contributed by atoms with Crippen LogP contribution in [0.15, 0.2) is 29.4 Å². The fourth-order valence-electron chi connectivity index (χ4n) is 4.16. The molecule has 1 aliphatic heterocycles. The molecule has 0 spiro atoms. The number of carbonyl (C=O) groups is 1. The number of piperidine rings is 1. The summed E-state index contributed by atoms with van der Waals surface area (Å²) in [4.78, 5) is 15.1. The van der Waals surface area contributed by atoms with Gasteiger partial charge in [-0.2, -0.15) is 0 Å². The number of unbranched alkanes of at least 4 members (excludes halogenated alkanes) is 1. The minimum Gasteiger partial charge on any atom is -0.497 e. The first kappa shape index (κ1) is 22.7. The molecule has 7 heteroatoms. The first-order chi connectivity index (χ1) is 14.4. The van der Waals surface area contributed by atoms with Gasteiger partial charge in [0.15, 0.2) is 11.0 Å². The standard InChI is InChI=1S/C23H34N4O2S/c1-6-7-12-27-21(19-8-10-20(29-5)11-9-19)24-25-23(27)30-18(4)22(28)26-14-16(2)13-17(3)15-26/h8-11,16-18H,6-7,12-15H2,1-5H3. The van der Waals surface area contributed by atoms with Gasteiger partial charge < -0.3 is 14.2 Å². The molecule has 0 saturated carbocycles. The van der Waals surface area contributed by atoms with Crippen molar-refractivity contribution in [2.75, 3.05) is 20.2 Å². The molecule has 0 aliphatic carbocycles. The van der Waals surface area contributed by atoms with Crippen molar-refractivity contribution in [3.8, 4) is 17.1 Å². The molecular formula is C23H34N4O2S. The van der Waals surface area contributed by atoms with Gasteiger partial charge in [-0.3, -0.25) is 4.79 Å². The number of amides is 1. The van der Waals surface area contributed by atoms with E-state index in [0.29, 0.717) is 11.8 Å². The van der Waals surface area contributed by atoms with Crippen LogP contribution < -0.4 is 4.74 Å². The molecule has 2 aromatic rings. The number of aromatic nitrogens is 3. The van der Waals surface area contributed by atoms with Crippen LogP contribution in [0.2, 0.25) is 0 Å². The van der Waals surface area contributed by atoms with E-state index in [1.807, 2.05) is 36.1 Å². The lowest BCUT2D eigenvalue weighted by atomic mass is 9.92. The highest BCUT2D eigenvalue weighted by Crippen LogP contribution is 2.30.